The van der Waals surface area contributed by atoms with Gasteiger partial charge in [0.1, 0.15) is 11.9 Å². The lowest BCUT2D eigenvalue weighted by Crippen LogP contribution is -2.50. The largest absolute Gasteiger partial charge is 0.490 e. The van der Waals surface area contributed by atoms with Crippen LogP contribution in [0.1, 0.15) is 0 Å². The zero-order valence-corrected chi connectivity index (χ0v) is 13.1. The number of alkyl halides is 3. The third-order valence-electron chi connectivity index (χ3n) is 3.14. The Morgan fingerprint density at radius 3 is 2.50 bits per heavy atom. The molecule has 0 saturated carbocycles. The van der Waals surface area contributed by atoms with Gasteiger partial charge in [0, 0.05) is 31.0 Å². The van der Waals surface area contributed by atoms with Gasteiger partial charge in [-0.05, 0) is 18.2 Å². The van der Waals surface area contributed by atoms with Gasteiger partial charge in [-0.15, -0.1) is 0 Å². The van der Waals surface area contributed by atoms with Gasteiger partial charge in [-0.2, -0.15) is 18.2 Å². The molecule has 0 amide bonds. The molecule has 2 aromatic rings. The maximum absolute atomic E-state index is 13.7. The average Bonchev–Trinajstić information content (AvgIpc) is 2.53. The SMILES string of the molecule is Nc1ccc(F)c(-c2nccc(OC3CNC3)n2)c1.O=C(O)C(F)(F)F. The highest BCUT2D eigenvalue weighted by Crippen LogP contribution is 2.23. The fraction of sp³-hybridized carbons (Fsp3) is 0.267. The molecule has 1 saturated heterocycles. The van der Waals surface area contributed by atoms with E-state index in [0.717, 1.165) is 13.1 Å². The summed E-state index contributed by atoms with van der Waals surface area (Å²) in [6, 6.07) is 5.97. The number of carbonyl (C=O) groups is 1. The van der Waals surface area contributed by atoms with Crippen molar-refractivity contribution in [2.45, 2.75) is 12.3 Å². The van der Waals surface area contributed by atoms with Crippen molar-refractivity contribution < 1.29 is 32.2 Å². The van der Waals surface area contributed by atoms with E-state index in [9.17, 15) is 17.6 Å². The Kier molecular flexibility index (Phi) is 5.93. The summed E-state index contributed by atoms with van der Waals surface area (Å²) < 4.78 is 51.1. The summed E-state index contributed by atoms with van der Waals surface area (Å²) in [5.74, 6) is -2.45. The molecule has 0 radical (unpaired) electrons. The first-order valence-electron chi connectivity index (χ1n) is 7.22. The van der Waals surface area contributed by atoms with Crippen molar-refractivity contribution in [2.75, 3.05) is 18.8 Å². The predicted molar refractivity (Wildman–Crippen MR) is 82.8 cm³/mol. The number of carboxylic acid groups (broad SMARTS) is 1. The van der Waals surface area contributed by atoms with Crippen LogP contribution in [-0.4, -0.2) is 46.4 Å². The highest BCUT2D eigenvalue weighted by atomic mass is 19.4. The van der Waals surface area contributed by atoms with Gasteiger partial charge in [0.05, 0.1) is 5.56 Å². The lowest BCUT2D eigenvalue weighted by Gasteiger charge is -2.27. The number of nitrogens with two attached hydrogens (primary N) is 1. The van der Waals surface area contributed by atoms with Crippen LogP contribution in [0.4, 0.5) is 23.2 Å². The molecule has 140 valence electrons. The number of hydrogen-bond acceptors (Lipinski definition) is 6. The zero-order valence-electron chi connectivity index (χ0n) is 13.1. The predicted octanol–water partition coefficient (Wildman–Crippen LogP) is 1.85. The van der Waals surface area contributed by atoms with Gasteiger partial charge in [-0.1, -0.05) is 0 Å². The number of anilines is 1. The highest BCUT2D eigenvalue weighted by Gasteiger charge is 2.38. The summed E-state index contributed by atoms with van der Waals surface area (Å²) in [4.78, 5) is 17.2. The van der Waals surface area contributed by atoms with Gasteiger partial charge in [0.2, 0.25) is 5.88 Å². The summed E-state index contributed by atoms with van der Waals surface area (Å²) in [6.07, 6.45) is -3.42. The topological polar surface area (TPSA) is 110 Å². The molecule has 1 fully saturated rings. The molecule has 1 aliphatic heterocycles. The van der Waals surface area contributed by atoms with E-state index >= 15 is 0 Å². The fourth-order valence-electron chi connectivity index (χ4n) is 1.77. The Labute approximate surface area is 144 Å². The number of nitrogens with zero attached hydrogens (tertiary/aromatic N) is 2. The maximum Gasteiger partial charge on any atom is 0.490 e. The second-order valence-corrected chi connectivity index (χ2v) is 5.16. The van der Waals surface area contributed by atoms with E-state index in [1.54, 1.807) is 12.3 Å². The minimum atomic E-state index is -5.08. The van der Waals surface area contributed by atoms with Gasteiger partial charge in [0.15, 0.2) is 5.82 Å². The Balaban J connectivity index is 0.000000298. The third-order valence-corrected chi connectivity index (χ3v) is 3.14. The number of aliphatic carboxylic acids is 1. The van der Waals surface area contributed by atoms with Crippen molar-refractivity contribution in [3.05, 3.63) is 36.3 Å². The number of rotatable bonds is 3. The van der Waals surface area contributed by atoms with Gasteiger partial charge >= 0.3 is 12.1 Å². The number of carboxylic acids is 1. The molecule has 0 unspecified atom stereocenters. The Morgan fingerprint density at radius 1 is 1.31 bits per heavy atom. The third kappa shape index (κ3) is 5.28. The van der Waals surface area contributed by atoms with Crippen LogP contribution in [0, 0.1) is 5.82 Å². The summed E-state index contributed by atoms with van der Waals surface area (Å²) in [5.41, 5.74) is 6.39. The number of benzene rings is 1. The van der Waals surface area contributed by atoms with Crippen molar-refractivity contribution >= 4 is 11.7 Å². The molecule has 11 heteroatoms. The lowest BCUT2D eigenvalue weighted by atomic mass is 10.2. The van der Waals surface area contributed by atoms with E-state index in [4.69, 9.17) is 20.4 Å². The smallest absolute Gasteiger partial charge is 0.475 e. The van der Waals surface area contributed by atoms with Crippen LogP contribution < -0.4 is 15.8 Å². The van der Waals surface area contributed by atoms with Gasteiger partial charge in [0.25, 0.3) is 0 Å². The molecule has 26 heavy (non-hydrogen) atoms. The second kappa shape index (κ2) is 7.95. The van der Waals surface area contributed by atoms with Crippen molar-refractivity contribution in [1.29, 1.82) is 0 Å². The first-order chi connectivity index (χ1) is 12.2. The quantitative estimate of drug-likeness (QED) is 0.555. The van der Waals surface area contributed by atoms with E-state index in [2.05, 4.69) is 15.3 Å². The standard InChI is InChI=1S/C13H13FN4O.C2HF3O2/c14-11-2-1-8(15)5-10(11)13-17-4-3-12(18-13)19-9-6-16-7-9;3-2(4,5)1(6)7/h1-5,9,16H,6-7,15H2;(H,6,7). The summed E-state index contributed by atoms with van der Waals surface area (Å²) in [7, 11) is 0. The van der Waals surface area contributed by atoms with Crippen molar-refractivity contribution in [1.82, 2.24) is 15.3 Å². The Morgan fingerprint density at radius 2 is 1.96 bits per heavy atom. The molecular formula is C15H14F4N4O3. The first kappa shape index (κ1) is 19.4. The highest BCUT2D eigenvalue weighted by molar-refractivity contribution is 5.73. The van der Waals surface area contributed by atoms with E-state index in [0.29, 0.717) is 11.6 Å². The van der Waals surface area contributed by atoms with Crippen molar-refractivity contribution in [3.8, 4) is 17.3 Å². The Hall–Kier alpha value is -2.95. The molecule has 0 atom stereocenters. The first-order valence-corrected chi connectivity index (χ1v) is 7.22. The summed E-state index contributed by atoms with van der Waals surface area (Å²) >= 11 is 0. The number of halogens is 4. The van der Waals surface area contributed by atoms with Crippen LogP contribution in [0.25, 0.3) is 11.4 Å². The average molecular weight is 374 g/mol. The zero-order chi connectivity index (χ0) is 19.3. The molecule has 7 nitrogen and oxygen atoms in total. The van der Waals surface area contributed by atoms with Crippen LogP contribution in [0.15, 0.2) is 30.5 Å². The minimum absolute atomic E-state index is 0.119. The molecule has 1 aliphatic rings. The minimum Gasteiger partial charge on any atom is -0.475 e. The van der Waals surface area contributed by atoms with Gasteiger partial charge < -0.3 is 20.9 Å². The molecule has 0 spiro atoms. The van der Waals surface area contributed by atoms with Crippen LogP contribution in [-0.2, 0) is 4.79 Å². The van der Waals surface area contributed by atoms with Crippen LogP contribution in [0.5, 0.6) is 5.88 Å². The summed E-state index contributed by atoms with van der Waals surface area (Å²) in [5, 5.41) is 10.2. The van der Waals surface area contributed by atoms with Crippen molar-refractivity contribution in [2.24, 2.45) is 0 Å². The fourth-order valence-corrected chi connectivity index (χ4v) is 1.77. The maximum atomic E-state index is 13.7. The number of nitrogens with one attached hydrogen (secondary N) is 1. The van der Waals surface area contributed by atoms with E-state index < -0.39 is 18.0 Å². The van der Waals surface area contributed by atoms with E-state index in [1.165, 1.54) is 18.2 Å². The second-order valence-electron chi connectivity index (χ2n) is 5.16. The molecule has 0 bridgehead atoms. The Bertz CT molecular complexity index is 782. The molecule has 1 aromatic heterocycles. The molecule has 2 heterocycles. The van der Waals surface area contributed by atoms with E-state index in [-0.39, 0.29) is 17.5 Å². The number of ether oxygens (including phenoxy) is 1. The van der Waals surface area contributed by atoms with E-state index in [1.807, 2.05) is 0 Å². The molecule has 1 aromatic carbocycles. The van der Waals surface area contributed by atoms with Gasteiger partial charge in [-0.3, -0.25) is 0 Å². The summed E-state index contributed by atoms with van der Waals surface area (Å²) in [6.45, 7) is 1.60. The molecule has 0 aliphatic carbocycles. The number of aromatic nitrogens is 2. The van der Waals surface area contributed by atoms with Crippen LogP contribution >= 0.6 is 0 Å². The lowest BCUT2D eigenvalue weighted by molar-refractivity contribution is -0.192. The van der Waals surface area contributed by atoms with Crippen molar-refractivity contribution in [3.63, 3.8) is 0 Å². The molecule has 4 N–H and O–H groups in total. The van der Waals surface area contributed by atoms with Gasteiger partial charge in [-0.25, -0.2) is 14.2 Å². The number of nitrogen functional groups attached to an aromatic ring is 1. The van der Waals surface area contributed by atoms with Crippen LogP contribution in [0.3, 0.4) is 0 Å². The molecular weight excluding hydrogens is 360 g/mol. The molecule has 3 rings (SSSR count). The normalized spacial score (nSPS) is 14.0. The monoisotopic (exact) mass is 374 g/mol. The number of hydrogen-bond donors (Lipinski definition) is 3. The van der Waals surface area contributed by atoms with Crippen LogP contribution in [0.2, 0.25) is 0 Å².